The zero-order valence-electron chi connectivity index (χ0n) is 8.81. The average molecular weight is 205 g/mol. The molecule has 1 aliphatic heterocycles. The normalized spacial score (nSPS) is 21.0. The molecule has 3 nitrogen and oxygen atoms in total. The second kappa shape index (κ2) is 4.03. The van der Waals surface area contributed by atoms with Gasteiger partial charge in [-0.3, -0.25) is 4.90 Å². The summed E-state index contributed by atoms with van der Waals surface area (Å²) in [5.41, 5.74) is 1.54. The van der Waals surface area contributed by atoms with Crippen LogP contribution in [0, 0.1) is 0 Å². The molecule has 0 bridgehead atoms. The highest BCUT2D eigenvalue weighted by molar-refractivity contribution is 5.87. The summed E-state index contributed by atoms with van der Waals surface area (Å²) in [6.07, 6.45) is 1.27. The first-order valence-corrected chi connectivity index (χ1v) is 5.23. The molecule has 1 heterocycles. The zero-order chi connectivity index (χ0) is 10.8. The largest absolute Gasteiger partial charge is 0.478 e. The SMILES string of the molecule is CC1CCN1Cc1ccc(C(=O)O)cc1. The van der Waals surface area contributed by atoms with E-state index in [-0.39, 0.29) is 0 Å². The first kappa shape index (κ1) is 10.2. The molecule has 1 saturated heterocycles. The zero-order valence-corrected chi connectivity index (χ0v) is 8.81. The van der Waals surface area contributed by atoms with Crippen LogP contribution in [0.25, 0.3) is 0 Å². The molecule has 0 amide bonds. The fourth-order valence-corrected chi connectivity index (χ4v) is 1.79. The van der Waals surface area contributed by atoms with Gasteiger partial charge >= 0.3 is 5.97 Å². The second-order valence-electron chi connectivity index (χ2n) is 4.11. The van der Waals surface area contributed by atoms with E-state index in [0.717, 1.165) is 13.1 Å². The minimum atomic E-state index is -0.862. The summed E-state index contributed by atoms with van der Waals surface area (Å²) in [5, 5.41) is 8.75. The Balaban J connectivity index is 2.01. The molecule has 0 spiro atoms. The topological polar surface area (TPSA) is 40.5 Å². The third-order valence-corrected chi connectivity index (χ3v) is 3.04. The van der Waals surface area contributed by atoms with E-state index >= 15 is 0 Å². The lowest BCUT2D eigenvalue weighted by Crippen LogP contribution is -2.44. The molecule has 80 valence electrons. The third kappa shape index (κ3) is 2.18. The minimum Gasteiger partial charge on any atom is -0.478 e. The van der Waals surface area contributed by atoms with Crippen LogP contribution in [-0.4, -0.2) is 28.6 Å². The Morgan fingerprint density at radius 3 is 2.53 bits per heavy atom. The van der Waals surface area contributed by atoms with Crippen molar-refractivity contribution < 1.29 is 9.90 Å². The summed E-state index contributed by atoms with van der Waals surface area (Å²) in [6.45, 7) is 4.30. The first-order chi connectivity index (χ1) is 7.16. The molecule has 1 aliphatic rings. The Morgan fingerprint density at radius 2 is 2.13 bits per heavy atom. The van der Waals surface area contributed by atoms with Crippen molar-refractivity contribution in [1.29, 1.82) is 0 Å². The number of nitrogens with zero attached hydrogens (tertiary/aromatic N) is 1. The molecular weight excluding hydrogens is 190 g/mol. The van der Waals surface area contributed by atoms with Crippen LogP contribution in [-0.2, 0) is 6.54 Å². The molecular formula is C12H15NO2. The summed E-state index contributed by atoms with van der Waals surface area (Å²) in [7, 11) is 0. The van der Waals surface area contributed by atoms with Crippen molar-refractivity contribution in [3.63, 3.8) is 0 Å². The molecule has 1 fully saturated rings. The standard InChI is InChI=1S/C12H15NO2/c1-9-6-7-13(9)8-10-2-4-11(5-3-10)12(14)15/h2-5,9H,6-8H2,1H3,(H,14,15). The monoisotopic (exact) mass is 205 g/mol. The number of likely N-dealkylation sites (tertiary alicyclic amines) is 1. The number of hydrogen-bond acceptors (Lipinski definition) is 2. The Morgan fingerprint density at radius 1 is 1.47 bits per heavy atom. The predicted molar refractivity (Wildman–Crippen MR) is 57.9 cm³/mol. The summed E-state index contributed by atoms with van der Waals surface area (Å²) in [6, 6.07) is 7.80. The molecule has 1 atom stereocenters. The van der Waals surface area contributed by atoms with Gasteiger partial charge in [-0.05, 0) is 31.0 Å². The van der Waals surface area contributed by atoms with Gasteiger partial charge in [0.05, 0.1) is 5.56 Å². The van der Waals surface area contributed by atoms with Gasteiger partial charge in [0.15, 0.2) is 0 Å². The lowest BCUT2D eigenvalue weighted by molar-refractivity contribution is 0.0696. The van der Waals surface area contributed by atoms with E-state index in [1.165, 1.54) is 12.0 Å². The molecule has 1 aromatic carbocycles. The molecule has 3 heteroatoms. The van der Waals surface area contributed by atoms with Gasteiger partial charge in [-0.15, -0.1) is 0 Å². The molecule has 0 aliphatic carbocycles. The fourth-order valence-electron chi connectivity index (χ4n) is 1.79. The minimum absolute atomic E-state index is 0.357. The van der Waals surface area contributed by atoms with E-state index in [1.54, 1.807) is 12.1 Å². The van der Waals surface area contributed by atoms with Gasteiger partial charge in [-0.1, -0.05) is 12.1 Å². The molecule has 15 heavy (non-hydrogen) atoms. The van der Waals surface area contributed by atoms with E-state index in [9.17, 15) is 4.79 Å². The van der Waals surface area contributed by atoms with Crippen molar-refractivity contribution in [1.82, 2.24) is 4.90 Å². The quantitative estimate of drug-likeness (QED) is 0.820. The Bertz CT molecular complexity index is 358. The number of benzene rings is 1. The number of carbonyl (C=O) groups is 1. The number of aromatic carboxylic acids is 1. The Kier molecular flexibility index (Phi) is 2.73. The van der Waals surface area contributed by atoms with Crippen molar-refractivity contribution in [2.75, 3.05) is 6.54 Å². The van der Waals surface area contributed by atoms with E-state index < -0.39 is 5.97 Å². The molecule has 0 saturated carbocycles. The van der Waals surface area contributed by atoms with Crippen LogP contribution >= 0.6 is 0 Å². The Labute approximate surface area is 89.3 Å². The molecule has 0 radical (unpaired) electrons. The maximum Gasteiger partial charge on any atom is 0.335 e. The average Bonchev–Trinajstić information content (AvgIpc) is 2.24. The molecule has 1 aromatic rings. The van der Waals surface area contributed by atoms with Gasteiger partial charge in [-0.2, -0.15) is 0 Å². The molecule has 1 unspecified atom stereocenters. The van der Waals surface area contributed by atoms with Crippen molar-refractivity contribution in [2.45, 2.75) is 25.9 Å². The van der Waals surface area contributed by atoms with Crippen molar-refractivity contribution in [3.8, 4) is 0 Å². The summed E-state index contributed by atoms with van der Waals surface area (Å²) < 4.78 is 0. The number of carboxylic acids is 1. The fraction of sp³-hybridized carbons (Fsp3) is 0.417. The number of carboxylic acid groups (broad SMARTS) is 1. The lowest BCUT2D eigenvalue weighted by atomic mass is 10.0. The summed E-state index contributed by atoms with van der Waals surface area (Å²) >= 11 is 0. The number of hydrogen-bond donors (Lipinski definition) is 1. The van der Waals surface area contributed by atoms with Gasteiger partial charge in [0.25, 0.3) is 0 Å². The smallest absolute Gasteiger partial charge is 0.335 e. The highest BCUT2D eigenvalue weighted by Gasteiger charge is 2.22. The van der Waals surface area contributed by atoms with E-state index in [2.05, 4.69) is 11.8 Å². The molecule has 1 N–H and O–H groups in total. The van der Waals surface area contributed by atoms with E-state index in [4.69, 9.17) is 5.11 Å². The molecule has 0 aromatic heterocycles. The first-order valence-electron chi connectivity index (χ1n) is 5.23. The van der Waals surface area contributed by atoms with Crippen LogP contribution in [0.1, 0.15) is 29.3 Å². The van der Waals surface area contributed by atoms with Crippen molar-refractivity contribution in [2.24, 2.45) is 0 Å². The van der Waals surface area contributed by atoms with Gasteiger partial charge in [-0.25, -0.2) is 4.79 Å². The third-order valence-electron chi connectivity index (χ3n) is 3.04. The second-order valence-corrected chi connectivity index (χ2v) is 4.11. The van der Waals surface area contributed by atoms with Gasteiger partial charge < -0.3 is 5.11 Å². The highest BCUT2D eigenvalue weighted by Crippen LogP contribution is 2.19. The molecule has 2 rings (SSSR count). The van der Waals surface area contributed by atoms with Crippen LogP contribution in [0.3, 0.4) is 0 Å². The van der Waals surface area contributed by atoms with Crippen LogP contribution < -0.4 is 0 Å². The van der Waals surface area contributed by atoms with Gasteiger partial charge in [0, 0.05) is 19.1 Å². The van der Waals surface area contributed by atoms with Gasteiger partial charge in [0.2, 0.25) is 0 Å². The van der Waals surface area contributed by atoms with E-state index in [1.807, 2.05) is 12.1 Å². The van der Waals surface area contributed by atoms with Crippen LogP contribution in [0.2, 0.25) is 0 Å². The highest BCUT2D eigenvalue weighted by atomic mass is 16.4. The van der Waals surface area contributed by atoms with Crippen LogP contribution in [0.5, 0.6) is 0 Å². The van der Waals surface area contributed by atoms with E-state index in [0.29, 0.717) is 11.6 Å². The predicted octanol–water partition coefficient (Wildman–Crippen LogP) is 1.98. The van der Waals surface area contributed by atoms with Crippen molar-refractivity contribution >= 4 is 5.97 Å². The van der Waals surface area contributed by atoms with Crippen LogP contribution in [0.15, 0.2) is 24.3 Å². The maximum absolute atomic E-state index is 10.6. The van der Waals surface area contributed by atoms with Crippen molar-refractivity contribution in [3.05, 3.63) is 35.4 Å². The lowest BCUT2D eigenvalue weighted by Gasteiger charge is -2.38. The Hall–Kier alpha value is -1.35. The summed E-state index contributed by atoms with van der Waals surface area (Å²) in [4.78, 5) is 13.0. The summed E-state index contributed by atoms with van der Waals surface area (Å²) in [5.74, 6) is -0.862. The number of rotatable bonds is 3. The maximum atomic E-state index is 10.6. The van der Waals surface area contributed by atoms with Gasteiger partial charge in [0.1, 0.15) is 0 Å². The van der Waals surface area contributed by atoms with Crippen LogP contribution in [0.4, 0.5) is 0 Å².